The second-order valence-corrected chi connectivity index (χ2v) is 6.22. The number of rotatable bonds is 3. The Morgan fingerprint density at radius 2 is 1.69 bits per heavy atom. The lowest BCUT2D eigenvalue weighted by molar-refractivity contribution is -0.145. The monoisotopic (exact) mass is 351 g/mol. The van der Waals surface area contributed by atoms with Crippen LogP contribution in [0, 0.1) is 0 Å². The van der Waals surface area contributed by atoms with Gasteiger partial charge in [-0.2, -0.15) is 0 Å². The number of benzene rings is 2. The molecule has 5 nitrogen and oxygen atoms in total. The number of hydrogen-bond donors (Lipinski definition) is 0. The second-order valence-electron chi connectivity index (χ2n) is 6.22. The molecule has 1 fully saturated rings. The maximum atomic E-state index is 12.8. The van der Waals surface area contributed by atoms with Gasteiger partial charge in [0.05, 0.1) is 13.2 Å². The van der Waals surface area contributed by atoms with Gasteiger partial charge in [-0.05, 0) is 36.3 Å². The van der Waals surface area contributed by atoms with Crippen LogP contribution >= 0.6 is 0 Å². The average molecular weight is 351 g/mol. The van der Waals surface area contributed by atoms with Crippen molar-refractivity contribution in [2.45, 2.75) is 19.1 Å². The minimum atomic E-state index is -0.615. The van der Waals surface area contributed by atoms with Crippen molar-refractivity contribution in [2.24, 2.45) is 0 Å². The summed E-state index contributed by atoms with van der Waals surface area (Å²) in [5.41, 5.74) is 1.60. The van der Waals surface area contributed by atoms with Crippen molar-refractivity contribution < 1.29 is 19.1 Å². The minimum absolute atomic E-state index is 0.0166. The standard InChI is InChI=1S/C21H21NO4/c1-14-19(16-7-5-4-6-8-16)26-21(24)18(20(23)22(14)2)13-15-9-11-17(25-3)12-10-15/h4-14,19H,1-3H3/b18-13+/t14-,19-/m1/s1. The Hall–Kier alpha value is -3.08. The van der Waals surface area contributed by atoms with Gasteiger partial charge in [0.25, 0.3) is 5.91 Å². The third-order valence-corrected chi connectivity index (χ3v) is 4.61. The SMILES string of the molecule is COc1ccc(/C=C2/C(=O)O[C@@H](c3ccccc3)[C@@H](C)N(C)C2=O)cc1. The molecule has 26 heavy (non-hydrogen) atoms. The first kappa shape index (κ1) is 17.7. The summed E-state index contributed by atoms with van der Waals surface area (Å²) in [5.74, 6) is -0.260. The minimum Gasteiger partial charge on any atom is -0.497 e. The van der Waals surface area contributed by atoms with E-state index in [0.29, 0.717) is 5.75 Å². The summed E-state index contributed by atoms with van der Waals surface area (Å²) in [4.78, 5) is 27.0. The van der Waals surface area contributed by atoms with Gasteiger partial charge in [0.1, 0.15) is 17.4 Å². The van der Waals surface area contributed by atoms with Crippen LogP contribution in [0.3, 0.4) is 0 Å². The first-order valence-corrected chi connectivity index (χ1v) is 8.40. The van der Waals surface area contributed by atoms with Crippen LogP contribution < -0.4 is 4.74 Å². The number of amides is 1. The summed E-state index contributed by atoms with van der Waals surface area (Å²) in [7, 11) is 3.27. The molecule has 1 aliphatic rings. The van der Waals surface area contributed by atoms with E-state index >= 15 is 0 Å². The van der Waals surface area contributed by atoms with Gasteiger partial charge in [-0.15, -0.1) is 0 Å². The summed E-state index contributed by atoms with van der Waals surface area (Å²) in [6, 6.07) is 16.3. The Labute approximate surface area is 152 Å². The Bertz CT molecular complexity index is 827. The number of esters is 1. The molecule has 0 aromatic heterocycles. The van der Waals surface area contributed by atoms with Crippen molar-refractivity contribution >= 4 is 18.0 Å². The highest BCUT2D eigenvalue weighted by Crippen LogP contribution is 2.30. The van der Waals surface area contributed by atoms with Crippen LogP contribution in [0.1, 0.15) is 24.2 Å². The lowest BCUT2D eigenvalue weighted by Gasteiger charge is -2.28. The van der Waals surface area contributed by atoms with E-state index in [1.165, 1.54) is 0 Å². The maximum Gasteiger partial charge on any atom is 0.344 e. The first-order valence-electron chi connectivity index (χ1n) is 8.40. The van der Waals surface area contributed by atoms with Crippen molar-refractivity contribution in [3.05, 3.63) is 71.3 Å². The van der Waals surface area contributed by atoms with Crippen molar-refractivity contribution in [1.82, 2.24) is 4.90 Å². The third kappa shape index (κ3) is 3.47. The molecule has 2 aromatic rings. The van der Waals surface area contributed by atoms with E-state index in [9.17, 15) is 9.59 Å². The molecule has 1 aliphatic heterocycles. The number of cyclic esters (lactones) is 1. The molecule has 3 rings (SSSR count). The number of nitrogens with zero attached hydrogens (tertiary/aromatic N) is 1. The second kappa shape index (κ2) is 7.44. The number of likely N-dealkylation sites (N-methyl/N-ethyl adjacent to an activating group) is 1. The number of ether oxygens (including phenoxy) is 2. The van der Waals surface area contributed by atoms with Crippen molar-refractivity contribution in [1.29, 1.82) is 0 Å². The Balaban J connectivity index is 1.96. The number of carbonyl (C=O) groups excluding carboxylic acids is 2. The lowest BCUT2D eigenvalue weighted by Crippen LogP contribution is -2.37. The van der Waals surface area contributed by atoms with Gasteiger partial charge < -0.3 is 14.4 Å². The van der Waals surface area contributed by atoms with Gasteiger partial charge in [-0.1, -0.05) is 42.5 Å². The molecular weight excluding hydrogens is 330 g/mol. The maximum absolute atomic E-state index is 12.8. The molecule has 5 heteroatoms. The smallest absolute Gasteiger partial charge is 0.344 e. The predicted octanol–water partition coefficient (Wildman–Crippen LogP) is 3.22. The molecule has 134 valence electrons. The van der Waals surface area contributed by atoms with E-state index in [4.69, 9.17) is 9.47 Å². The first-order chi connectivity index (χ1) is 12.5. The largest absolute Gasteiger partial charge is 0.497 e. The Kier molecular flexibility index (Phi) is 5.07. The predicted molar refractivity (Wildman–Crippen MR) is 98.5 cm³/mol. The van der Waals surface area contributed by atoms with Crippen molar-refractivity contribution in [2.75, 3.05) is 14.2 Å². The molecule has 0 spiro atoms. The molecule has 0 saturated carbocycles. The summed E-state index contributed by atoms with van der Waals surface area (Å²) >= 11 is 0. The highest BCUT2D eigenvalue weighted by atomic mass is 16.5. The van der Waals surface area contributed by atoms with E-state index in [2.05, 4.69) is 0 Å². The fourth-order valence-electron chi connectivity index (χ4n) is 2.92. The zero-order valence-electron chi connectivity index (χ0n) is 15.0. The summed E-state index contributed by atoms with van der Waals surface area (Å²) in [6.07, 6.45) is 1.04. The highest BCUT2D eigenvalue weighted by molar-refractivity contribution is 6.20. The van der Waals surface area contributed by atoms with Crippen LogP contribution in [0.5, 0.6) is 5.75 Å². The summed E-state index contributed by atoms with van der Waals surface area (Å²) in [5, 5.41) is 0. The van der Waals surface area contributed by atoms with E-state index < -0.39 is 12.1 Å². The topological polar surface area (TPSA) is 55.8 Å². The van der Waals surface area contributed by atoms with Crippen LogP contribution in [-0.2, 0) is 14.3 Å². The van der Waals surface area contributed by atoms with E-state index in [0.717, 1.165) is 11.1 Å². The molecular formula is C21H21NO4. The van der Waals surface area contributed by atoms with Gasteiger partial charge >= 0.3 is 5.97 Å². The fraction of sp³-hybridized carbons (Fsp3) is 0.238. The van der Waals surface area contributed by atoms with Gasteiger partial charge in [0.15, 0.2) is 0 Å². The molecule has 0 N–H and O–H groups in total. The van der Waals surface area contributed by atoms with E-state index in [1.54, 1.807) is 49.4 Å². The molecule has 2 aromatic carbocycles. The van der Waals surface area contributed by atoms with E-state index in [1.807, 2.05) is 37.3 Å². The Morgan fingerprint density at radius 3 is 2.31 bits per heavy atom. The van der Waals surface area contributed by atoms with E-state index in [-0.39, 0.29) is 17.5 Å². The average Bonchev–Trinajstić information content (AvgIpc) is 2.76. The Morgan fingerprint density at radius 1 is 1.04 bits per heavy atom. The highest BCUT2D eigenvalue weighted by Gasteiger charge is 2.37. The summed E-state index contributed by atoms with van der Waals surface area (Å²) < 4.78 is 10.8. The van der Waals surface area contributed by atoms with Crippen LogP contribution in [0.2, 0.25) is 0 Å². The molecule has 0 unspecified atom stereocenters. The molecule has 1 amide bonds. The fourth-order valence-corrected chi connectivity index (χ4v) is 2.92. The van der Waals surface area contributed by atoms with Crippen molar-refractivity contribution in [3.8, 4) is 5.75 Å². The van der Waals surface area contributed by atoms with Gasteiger partial charge in [0, 0.05) is 7.05 Å². The quantitative estimate of drug-likeness (QED) is 0.484. The molecule has 0 aliphatic carbocycles. The molecule has 0 bridgehead atoms. The molecule has 1 heterocycles. The van der Waals surface area contributed by atoms with Crippen LogP contribution in [-0.4, -0.2) is 37.0 Å². The summed E-state index contributed by atoms with van der Waals surface area (Å²) in [6.45, 7) is 1.87. The number of methoxy groups -OCH3 is 1. The van der Waals surface area contributed by atoms with Crippen molar-refractivity contribution in [3.63, 3.8) is 0 Å². The van der Waals surface area contributed by atoms with Gasteiger partial charge in [-0.3, -0.25) is 4.79 Å². The third-order valence-electron chi connectivity index (χ3n) is 4.61. The molecule has 2 atom stereocenters. The zero-order valence-corrected chi connectivity index (χ0v) is 15.0. The molecule has 1 saturated heterocycles. The van der Waals surface area contributed by atoms with Gasteiger partial charge in [-0.25, -0.2) is 4.79 Å². The number of carbonyl (C=O) groups is 2. The lowest BCUT2D eigenvalue weighted by atomic mass is 10.0. The van der Waals surface area contributed by atoms with Crippen LogP contribution in [0.25, 0.3) is 6.08 Å². The van der Waals surface area contributed by atoms with Crippen LogP contribution in [0.4, 0.5) is 0 Å². The van der Waals surface area contributed by atoms with Gasteiger partial charge in [0.2, 0.25) is 0 Å². The van der Waals surface area contributed by atoms with Crippen LogP contribution in [0.15, 0.2) is 60.2 Å². The number of hydrogen-bond acceptors (Lipinski definition) is 4. The normalized spacial score (nSPS) is 22.1. The zero-order chi connectivity index (χ0) is 18.7. The molecule has 0 radical (unpaired) electrons.